The number of aromatic nitrogens is 4. The summed E-state index contributed by atoms with van der Waals surface area (Å²) in [5, 5.41) is 27.6. The van der Waals surface area contributed by atoms with E-state index in [4.69, 9.17) is 32.5 Å². The highest BCUT2D eigenvalue weighted by Gasteiger charge is 2.39. The first-order valence-electron chi connectivity index (χ1n) is 13.5. The number of nitrogens with one attached hydrogen (secondary N) is 3. The van der Waals surface area contributed by atoms with Crippen LogP contribution in [0.4, 0.5) is 32.0 Å². The van der Waals surface area contributed by atoms with Crippen molar-refractivity contribution in [2.24, 2.45) is 12.8 Å². The first kappa shape index (κ1) is 37.3. The van der Waals surface area contributed by atoms with Crippen LogP contribution >= 0.6 is 11.6 Å². The lowest BCUT2D eigenvalue weighted by molar-refractivity contribution is -0.192. The number of rotatable bonds is 8. The molecule has 1 aliphatic rings. The van der Waals surface area contributed by atoms with Crippen molar-refractivity contribution in [1.29, 1.82) is 5.26 Å². The van der Waals surface area contributed by atoms with Gasteiger partial charge in [-0.3, -0.25) is 19.1 Å². The summed E-state index contributed by atoms with van der Waals surface area (Å²) < 4.78 is 74.4. The molecule has 0 spiro atoms. The van der Waals surface area contributed by atoms with E-state index in [0.717, 1.165) is 17.1 Å². The number of anilines is 1. The molecule has 4 rings (SSSR count). The van der Waals surface area contributed by atoms with Crippen LogP contribution in [-0.4, -0.2) is 72.4 Å². The highest BCUT2D eigenvalue weighted by molar-refractivity contribution is 6.34. The average molecular weight is 706 g/mol. The summed E-state index contributed by atoms with van der Waals surface area (Å²) in [5.41, 5.74) is 4.34. The van der Waals surface area contributed by atoms with Crippen LogP contribution in [0.15, 0.2) is 30.6 Å². The second-order valence-corrected chi connectivity index (χ2v) is 10.8. The van der Waals surface area contributed by atoms with Gasteiger partial charge in [-0.1, -0.05) is 11.6 Å². The van der Waals surface area contributed by atoms with E-state index in [-0.39, 0.29) is 51.3 Å². The van der Waals surface area contributed by atoms with Crippen LogP contribution in [0.5, 0.6) is 0 Å². The van der Waals surface area contributed by atoms with Crippen molar-refractivity contribution in [3.05, 3.63) is 52.7 Å². The Labute approximate surface area is 271 Å². The molecule has 48 heavy (non-hydrogen) atoms. The monoisotopic (exact) mass is 705 g/mol. The number of nitrogens with two attached hydrogens (primary N) is 1. The number of alkyl halides is 6. The normalized spacial score (nSPS) is 16.4. The molecule has 0 unspecified atom stereocenters. The van der Waals surface area contributed by atoms with Crippen LogP contribution in [0.3, 0.4) is 0 Å². The van der Waals surface area contributed by atoms with Crippen molar-refractivity contribution in [3.63, 3.8) is 0 Å². The maximum Gasteiger partial charge on any atom is 0.490 e. The number of carbonyl (C=O) groups is 4. The Morgan fingerprint density at radius 2 is 1.73 bits per heavy atom. The molecule has 21 heteroatoms. The van der Waals surface area contributed by atoms with Gasteiger partial charge in [-0.05, 0) is 38.0 Å². The van der Waals surface area contributed by atoms with Gasteiger partial charge in [0.15, 0.2) is 11.5 Å². The van der Waals surface area contributed by atoms with Gasteiger partial charge in [-0.2, -0.15) is 36.7 Å². The van der Waals surface area contributed by atoms with Gasteiger partial charge in [0, 0.05) is 31.0 Å². The SMILES string of the molecule is C[C@@H](N)C(=O)NC1CC(NC(=O)c2ccc(NC(=O)c3ncc(-c4cn(CC#N)nc4C(F)(F)F)n3C)cc2Cl)C1.O=C(O)C(F)(F)F. The molecule has 3 aromatic rings. The van der Waals surface area contributed by atoms with Gasteiger partial charge in [0.2, 0.25) is 5.91 Å². The summed E-state index contributed by atoms with van der Waals surface area (Å²) in [4.78, 5) is 50.1. The number of carboxylic acid groups (broad SMARTS) is 1. The second kappa shape index (κ2) is 14.7. The summed E-state index contributed by atoms with van der Waals surface area (Å²) in [6.07, 6.45) is -6.62. The number of halogens is 7. The number of nitrogens with zero attached hydrogens (tertiary/aromatic N) is 5. The van der Waals surface area contributed by atoms with E-state index in [0.29, 0.717) is 12.8 Å². The molecule has 1 aromatic carbocycles. The van der Waals surface area contributed by atoms with E-state index in [2.05, 4.69) is 26.0 Å². The number of aliphatic carboxylic acids is 1. The fraction of sp³-hybridized carbons (Fsp3) is 0.370. The highest BCUT2D eigenvalue weighted by Crippen LogP contribution is 2.36. The van der Waals surface area contributed by atoms with Crippen molar-refractivity contribution in [2.75, 3.05) is 5.32 Å². The highest BCUT2D eigenvalue weighted by atomic mass is 35.5. The molecule has 1 fully saturated rings. The largest absolute Gasteiger partial charge is 0.490 e. The summed E-state index contributed by atoms with van der Waals surface area (Å²) in [7, 11) is 1.37. The zero-order chi connectivity index (χ0) is 36.1. The van der Waals surface area contributed by atoms with Crippen LogP contribution < -0.4 is 21.7 Å². The van der Waals surface area contributed by atoms with Crippen molar-refractivity contribution in [2.45, 2.75) is 56.8 Å². The number of amides is 3. The van der Waals surface area contributed by atoms with Gasteiger partial charge >= 0.3 is 18.3 Å². The second-order valence-electron chi connectivity index (χ2n) is 10.4. The van der Waals surface area contributed by atoms with Gasteiger partial charge < -0.3 is 31.4 Å². The predicted molar refractivity (Wildman–Crippen MR) is 154 cm³/mol. The minimum atomic E-state index is -5.08. The number of carboxylic acids is 1. The van der Waals surface area contributed by atoms with Gasteiger partial charge in [0.1, 0.15) is 6.54 Å². The molecule has 1 atom stereocenters. The zero-order valence-electron chi connectivity index (χ0n) is 24.8. The third-order valence-corrected chi connectivity index (χ3v) is 6.99. The Bertz CT molecular complexity index is 1740. The van der Waals surface area contributed by atoms with Crippen molar-refractivity contribution >= 4 is 41.0 Å². The van der Waals surface area contributed by atoms with E-state index < -0.39 is 48.4 Å². The fourth-order valence-corrected chi connectivity index (χ4v) is 4.52. The molecule has 1 saturated carbocycles. The Hall–Kier alpha value is -5.16. The standard InChI is InChI=1S/C25H25ClF3N9O3.C2HF3O2/c1-12(31)22(39)34-14-7-15(8-14)35-23(40)16-4-3-13(9-18(16)26)33-24(41)21-32-10-19(37(21)2)17-11-38(6-5-30)36-20(17)25(27,28)29;3-2(4,5)1(6)7/h3-4,9-12,14-15H,6-8,31H2,1-2H3,(H,33,41)(H,34,39)(H,35,40);(H,6,7)/t12-,14?,15?;/m1./s1. The number of hydrogen-bond donors (Lipinski definition) is 5. The van der Waals surface area contributed by atoms with Crippen LogP contribution in [0.2, 0.25) is 5.02 Å². The van der Waals surface area contributed by atoms with Crippen molar-refractivity contribution in [3.8, 4) is 17.3 Å². The molecule has 14 nitrogen and oxygen atoms in total. The van der Waals surface area contributed by atoms with Gasteiger partial charge in [0.25, 0.3) is 11.8 Å². The lowest BCUT2D eigenvalue weighted by atomic mass is 9.86. The number of carbonyl (C=O) groups excluding carboxylic acids is 3. The summed E-state index contributed by atoms with van der Waals surface area (Å²) >= 11 is 6.29. The Balaban J connectivity index is 0.000000804. The molecule has 0 saturated heterocycles. The maximum atomic E-state index is 13.6. The maximum absolute atomic E-state index is 13.6. The first-order valence-corrected chi connectivity index (χ1v) is 13.9. The van der Waals surface area contributed by atoms with Crippen molar-refractivity contribution in [1.82, 2.24) is 30.0 Å². The third-order valence-electron chi connectivity index (χ3n) is 6.68. The minimum Gasteiger partial charge on any atom is -0.475 e. The molecular weight excluding hydrogens is 680 g/mol. The predicted octanol–water partition coefficient (Wildman–Crippen LogP) is 3.09. The first-order chi connectivity index (χ1) is 22.2. The summed E-state index contributed by atoms with van der Waals surface area (Å²) in [5.74, 6) is -4.39. The topological polar surface area (TPSA) is 210 Å². The van der Waals surface area contributed by atoms with Crippen LogP contribution in [-0.2, 0) is 29.4 Å². The number of imidazole rings is 1. The fourth-order valence-electron chi connectivity index (χ4n) is 4.26. The Morgan fingerprint density at radius 1 is 1.12 bits per heavy atom. The Kier molecular flexibility index (Phi) is 11.4. The zero-order valence-corrected chi connectivity index (χ0v) is 25.5. The molecular formula is C27H26ClF6N9O5. The lowest BCUT2D eigenvalue weighted by Crippen LogP contribution is -2.55. The number of hydrogen-bond acceptors (Lipinski definition) is 8. The Morgan fingerprint density at radius 3 is 2.25 bits per heavy atom. The van der Waals surface area contributed by atoms with E-state index in [1.165, 1.54) is 29.8 Å². The molecule has 3 amide bonds. The van der Waals surface area contributed by atoms with E-state index in [9.17, 15) is 40.7 Å². The molecule has 0 bridgehead atoms. The molecule has 2 aromatic heterocycles. The molecule has 258 valence electrons. The third kappa shape index (κ3) is 9.22. The van der Waals surface area contributed by atoms with Crippen LogP contribution in [0, 0.1) is 11.3 Å². The summed E-state index contributed by atoms with van der Waals surface area (Å²) in [6, 6.07) is 5.10. The van der Waals surface area contributed by atoms with Gasteiger partial charge in [0.05, 0.1) is 40.2 Å². The molecule has 0 aliphatic heterocycles. The van der Waals surface area contributed by atoms with Gasteiger partial charge in [-0.25, -0.2) is 9.78 Å². The molecule has 1 aliphatic carbocycles. The quantitative estimate of drug-likeness (QED) is 0.218. The number of benzene rings is 1. The summed E-state index contributed by atoms with van der Waals surface area (Å²) in [6.45, 7) is 1.19. The van der Waals surface area contributed by atoms with Gasteiger partial charge in [-0.15, -0.1) is 0 Å². The minimum absolute atomic E-state index is 0.0351. The van der Waals surface area contributed by atoms with E-state index in [1.54, 1.807) is 13.0 Å². The smallest absolute Gasteiger partial charge is 0.475 e. The number of nitriles is 1. The molecule has 0 radical (unpaired) electrons. The molecule has 6 N–H and O–H groups in total. The van der Waals surface area contributed by atoms with Crippen LogP contribution in [0.25, 0.3) is 11.3 Å². The van der Waals surface area contributed by atoms with Crippen molar-refractivity contribution < 1.29 is 50.6 Å². The van der Waals surface area contributed by atoms with E-state index >= 15 is 0 Å². The average Bonchev–Trinajstić information content (AvgIpc) is 3.55. The lowest BCUT2D eigenvalue weighted by Gasteiger charge is -2.36. The molecule has 2 heterocycles. The van der Waals surface area contributed by atoms with Crippen LogP contribution in [0.1, 0.15) is 46.4 Å². The van der Waals surface area contributed by atoms with E-state index in [1.807, 2.05) is 0 Å².